The fourth-order valence-electron chi connectivity index (χ4n) is 3.70. The number of furan rings is 1. The lowest BCUT2D eigenvalue weighted by Crippen LogP contribution is -2.41. The number of anilines is 1. The third-order valence-electron chi connectivity index (χ3n) is 5.68. The summed E-state index contributed by atoms with van der Waals surface area (Å²) in [4.78, 5) is 28.2. The number of benzene rings is 2. The van der Waals surface area contributed by atoms with Crippen molar-refractivity contribution in [3.05, 3.63) is 96.3 Å². The zero-order valence-electron chi connectivity index (χ0n) is 19.9. The largest absolute Gasteiger partial charge is 0.480 e. The van der Waals surface area contributed by atoms with E-state index in [-0.39, 0.29) is 5.76 Å². The number of carbonyl (C=O) groups is 2. The van der Waals surface area contributed by atoms with Crippen LogP contribution in [0.15, 0.2) is 83.7 Å². The first-order chi connectivity index (χ1) is 17.5. The summed E-state index contributed by atoms with van der Waals surface area (Å²) in [5.41, 5.74) is 4.03. The number of rotatable bonds is 12. The van der Waals surface area contributed by atoms with E-state index in [1.165, 1.54) is 17.3 Å². The van der Waals surface area contributed by atoms with Crippen LogP contribution in [-0.2, 0) is 17.9 Å². The number of amides is 1. The molecule has 2 aromatic heterocycles. The minimum Gasteiger partial charge on any atom is -0.480 e. The second-order valence-electron chi connectivity index (χ2n) is 8.24. The van der Waals surface area contributed by atoms with Gasteiger partial charge in [0.05, 0.1) is 18.6 Å². The molecular weight excluding hydrogens is 476 g/mol. The maximum Gasteiger partial charge on any atom is 0.326 e. The highest BCUT2D eigenvalue weighted by Gasteiger charge is 2.22. The molecule has 1 atom stereocenters. The molecule has 1 amide bonds. The molecule has 8 nitrogen and oxygen atoms in total. The first-order valence-corrected chi connectivity index (χ1v) is 12.9. The number of hydrogen-bond donors (Lipinski definition) is 3. The summed E-state index contributed by atoms with van der Waals surface area (Å²) in [6, 6.07) is 20.3. The van der Waals surface area contributed by atoms with Crippen molar-refractivity contribution >= 4 is 29.3 Å². The molecule has 0 aliphatic carbocycles. The van der Waals surface area contributed by atoms with Gasteiger partial charge in [-0.2, -0.15) is 11.8 Å². The summed E-state index contributed by atoms with van der Waals surface area (Å²) in [5, 5.41) is 15.3. The lowest BCUT2D eigenvalue weighted by Gasteiger charge is -2.12. The predicted molar refractivity (Wildman–Crippen MR) is 141 cm³/mol. The Balaban J connectivity index is 1.34. The van der Waals surface area contributed by atoms with Crippen molar-refractivity contribution in [3.8, 4) is 11.3 Å². The van der Waals surface area contributed by atoms with Crippen LogP contribution < -0.4 is 10.6 Å². The number of nitrogens with one attached hydrogen (secondary N) is 2. The molecule has 2 heterocycles. The predicted octanol–water partition coefficient (Wildman–Crippen LogP) is 4.74. The molecule has 0 saturated carbocycles. The monoisotopic (exact) mass is 504 g/mol. The van der Waals surface area contributed by atoms with Crippen LogP contribution in [0.25, 0.3) is 11.3 Å². The highest BCUT2D eigenvalue weighted by atomic mass is 32.2. The molecule has 3 N–H and O–H groups in total. The summed E-state index contributed by atoms with van der Waals surface area (Å²) in [7, 11) is 0. The lowest BCUT2D eigenvalue weighted by atomic mass is 10.1. The third-order valence-corrected chi connectivity index (χ3v) is 6.33. The SMILES string of the molecule is CSCCC(NC(=O)c1ccc(-c2ccc(NCc3cncn3Cc3ccccc3)cc2)o1)C(=O)O. The summed E-state index contributed by atoms with van der Waals surface area (Å²) >= 11 is 1.53. The van der Waals surface area contributed by atoms with Gasteiger partial charge in [0.2, 0.25) is 0 Å². The Kier molecular flexibility index (Phi) is 8.46. The van der Waals surface area contributed by atoms with Crippen LogP contribution in [0.3, 0.4) is 0 Å². The minimum atomic E-state index is -1.06. The molecular formula is C27H28N4O4S. The zero-order chi connectivity index (χ0) is 25.3. The molecule has 4 aromatic rings. The van der Waals surface area contributed by atoms with Crippen LogP contribution in [0.2, 0.25) is 0 Å². The van der Waals surface area contributed by atoms with Crippen LogP contribution in [0.5, 0.6) is 0 Å². The third kappa shape index (κ3) is 6.57. The molecule has 36 heavy (non-hydrogen) atoms. The van der Waals surface area contributed by atoms with Crippen molar-refractivity contribution in [2.24, 2.45) is 0 Å². The van der Waals surface area contributed by atoms with Gasteiger partial charge in [-0.05, 0) is 60.4 Å². The van der Waals surface area contributed by atoms with Crippen LogP contribution in [0, 0.1) is 0 Å². The standard InChI is InChI=1S/C27H28N4O4S/c1-36-14-13-23(27(33)34)30-26(32)25-12-11-24(35-25)20-7-9-21(10-8-20)29-16-22-15-28-18-31(22)17-19-5-3-2-4-6-19/h2-12,15,18,23,29H,13-14,16-17H2,1H3,(H,30,32)(H,33,34). The summed E-state index contributed by atoms with van der Waals surface area (Å²) in [6.45, 7) is 1.38. The summed E-state index contributed by atoms with van der Waals surface area (Å²) in [5.74, 6) is -0.357. The maximum atomic E-state index is 12.5. The molecule has 2 aromatic carbocycles. The number of thioether (sulfide) groups is 1. The number of aliphatic carboxylic acids is 1. The molecule has 0 aliphatic heterocycles. The fourth-order valence-corrected chi connectivity index (χ4v) is 4.17. The smallest absolute Gasteiger partial charge is 0.326 e. The van der Waals surface area contributed by atoms with Gasteiger partial charge in [-0.25, -0.2) is 9.78 Å². The number of imidazole rings is 1. The van der Waals surface area contributed by atoms with Gasteiger partial charge in [0.25, 0.3) is 5.91 Å². The zero-order valence-corrected chi connectivity index (χ0v) is 20.7. The normalized spacial score (nSPS) is 11.7. The van der Waals surface area contributed by atoms with Crippen molar-refractivity contribution in [2.45, 2.75) is 25.6 Å². The molecule has 1 unspecified atom stereocenters. The van der Waals surface area contributed by atoms with Crippen molar-refractivity contribution < 1.29 is 19.1 Å². The Morgan fingerprint density at radius 3 is 2.58 bits per heavy atom. The topological polar surface area (TPSA) is 109 Å². The van der Waals surface area contributed by atoms with Gasteiger partial charge in [-0.1, -0.05) is 30.3 Å². The summed E-state index contributed by atoms with van der Waals surface area (Å²) in [6.07, 6.45) is 5.92. The number of carboxylic acids is 1. The van der Waals surface area contributed by atoms with E-state index in [2.05, 4.69) is 32.3 Å². The maximum absolute atomic E-state index is 12.5. The molecule has 0 fully saturated rings. The number of carbonyl (C=O) groups excluding carboxylic acids is 1. The first kappa shape index (κ1) is 25.1. The van der Waals surface area contributed by atoms with Gasteiger partial charge in [0.1, 0.15) is 11.8 Å². The molecule has 186 valence electrons. The van der Waals surface area contributed by atoms with E-state index in [1.807, 2.05) is 61.2 Å². The molecule has 0 spiro atoms. The fraction of sp³-hybridized carbons (Fsp3) is 0.222. The Labute approximate surface area is 213 Å². The van der Waals surface area contributed by atoms with E-state index in [0.717, 1.165) is 23.5 Å². The molecule has 0 saturated heterocycles. The second kappa shape index (κ2) is 12.1. The first-order valence-electron chi connectivity index (χ1n) is 11.5. The highest BCUT2D eigenvalue weighted by Crippen LogP contribution is 2.24. The van der Waals surface area contributed by atoms with Crippen LogP contribution >= 0.6 is 11.8 Å². The number of carboxylic acid groups (broad SMARTS) is 1. The quantitative estimate of drug-likeness (QED) is 0.256. The van der Waals surface area contributed by atoms with Gasteiger partial charge in [-0.15, -0.1) is 0 Å². The van der Waals surface area contributed by atoms with Crippen molar-refractivity contribution in [2.75, 3.05) is 17.3 Å². The Morgan fingerprint density at radius 2 is 1.86 bits per heavy atom. The van der Waals surface area contributed by atoms with E-state index in [4.69, 9.17) is 4.42 Å². The van der Waals surface area contributed by atoms with Crippen molar-refractivity contribution in [3.63, 3.8) is 0 Å². The van der Waals surface area contributed by atoms with Crippen molar-refractivity contribution in [1.82, 2.24) is 14.9 Å². The lowest BCUT2D eigenvalue weighted by molar-refractivity contribution is -0.139. The molecule has 0 bridgehead atoms. The van der Waals surface area contributed by atoms with Crippen LogP contribution in [0.1, 0.15) is 28.2 Å². The van der Waals surface area contributed by atoms with Crippen LogP contribution in [0.4, 0.5) is 5.69 Å². The average molecular weight is 505 g/mol. The minimum absolute atomic E-state index is 0.0780. The van der Waals surface area contributed by atoms with E-state index in [1.54, 1.807) is 12.1 Å². The Morgan fingerprint density at radius 1 is 1.08 bits per heavy atom. The summed E-state index contributed by atoms with van der Waals surface area (Å²) < 4.78 is 7.82. The van der Waals surface area contributed by atoms with Gasteiger partial charge < -0.3 is 24.7 Å². The van der Waals surface area contributed by atoms with Gasteiger partial charge in [0.15, 0.2) is 5.76 Å². The second-order valence-corrected chi connectivity index (χ2v) is 9.22. The number of aromatic nitrogens is 2. The Bertz CT molecular complexity index is 1280. The van der Waals surface area contributed by atoms with E-state index in [0.29, 0.717) is 24.5 Å². The molecule has 0 aliphatic rings. The molecule has 0 radical (unpaired) electrons. The molecule has 4 rings (SSSR count). The number of hydrogen-bond acceptors (Lipinski definition) is 6. The van der Waals surface area contributed by atoms with Gasteiger partial charge >= 0.3 is 5.97 Å². The number of nitrogens with zero attached hydrogens (tertiary/aromatic N) is 2. The van der Waals surface area contributed by atoms with Gasteiger partial charge in [0, 0.05) is 24.0 Å². The van der Waals surface area contributed by atoms with E-state index in [9.17, 15) is 14.7 Å². The highest BCUT2D eigenvalue weighted by molar-refractivity contribution is 7.98. The Hall–Kier alpha value is -3.98. The van der Waals surface area contributed by atoms with E-state index >= 15 is 0 Å². The average Bonchev–Trinajstić information content (AvgIpc) is 3.56. The molecule has 9 heteroatoms. The van der Waals surface area contributed by atoms with E-state index < -0.39 is 17.9 Å². The van der Waals surface area contributed by atoms with Crippen molar-refractivity contribution in [1.29, 1.82) is 0 Å². The van der Waals surface area contributed by atoms with Gasteiger partial charge in [-0.3, -0.25) is 4.79 Å². The van der Waals surface area contributed by atoms with Crippen LogP contribution in [-0.4, -0.2) is 44.6 Å².